The molecule has 1 fully saturated rings. The van der Waals surface area contributed by atoms with Gasteiger partial charge in [0.25, 0.3) is 0 Å². The first-order chi connectivity index (χ1) is 8.06. The van der Waals surface area contributed by atoms with Crippen LogP contribution in [0.15, 0.2) is 0 Å². The zero-order chi connectivity index (χ0) is 12.8. The molecule has 0 aromatic heterocycles. The minimum absolute atomic E-state index is 0.285. The van der Waals surface area contributed by atoms with E-state index in [9.17, 15) is 9.59 Å². The minimum Gasteiger partial charge on any atom is -0.480 e. The SMILES string of the molecule is CCN(C)CCNC(=O)N1CSCC1C(=O)O. The first kappa shape index (κ1) is 14.1. The number of carbonyl (C=O) groups excluding carboxylic acids is 1. The number of thioether (sulfide) groups is 1. The van der Waals surface area contributed by atoms with Gasteiger partial charge in [-0.25, -0.2) is 9.59 Å². The summed E-state index contributed by atoms with van der Waals surface area (Å²) in [6, 6.07) is -0.976. The van der Waals surface area contributed by atoms with Crippen molar-refractivity contribution in [2.24, 2.45) is 0 Å². The van der Waals surface area contributed by atoms with Crippen molar-refractivity contribution in [1.29, 1.82) is 0 Å². The molecule has 0 aromatic carbocycles. The van der Waals surface area contributed by atoms with Crippen LogP contribution >= 0.6 is 11.8 Å². The number of rotatable bonds is 5. The largest absolute Gasteiger partial charge is 0.480 e. The van der Waals surface area contributed by atoms with Crippen LogP contribution in [0.4, 0.5) is 4.79 Å². The lowest BCUT2D eigenvalue weighted by molar-refractivity contribution is -0.140. The Labute approximate surface area is 105 Å². The van der Waals surface area contributed by atoms with E-state index in [-0.39, 0.29) is 6.03 Å². The van der Waals surface area contributed by atoms with E-state index in [1.807, 2.05) is 14.0 Å². The minimum atomic E-state index is -0.934. The number of carbonyl (C=O) groups is 2. The van der Waals surface area contributed by atoms with Crippen molar-refractivity contribution in [2.75, 3.05) is 38.3 Å². The normalized spacial score (nSPS) is 19.7. The van der Waals surface area contributed by atoms with Crippen molar-refractivity contribution in [3.05, 3.63) is 0 Å². The van der Waals surface area contributed by atoms with Crippen LogP contribution in [0.3, 0.4) is 0 Å². The molecule has 17 heavy (non-hydrogen) atoms. The summed E-state index contributed by atoms with van der Waals surface area (Å²) in [4.78, 5) is 26.1. The van der Waals surface area contributed by atoms with E-state index in [0.717, 1.165) is 13.1 Å². The molecule has 0 bridgehead atoms. The molecule has 1 saturated heterocycles. The number of carboxylic acids is 1. The van der Waals surface area contributed by atoms with E-state index in [0.29, 0.717) is 18.2 Å². The van der Waals surface area contributed by atoms with Gasteiger partial charge in [-0.15, -0.1) is 11.8 Å². The van der Waals surface area contributed by atoms with E-state index in [4.69, 9.17) is 5.11 Å². The molecule has 6 nitrogen and oxygen atoms in total. The molecule has 1 aliphatic heterocycles. The van der Waals surface area contributed by atoms with E-state index in [1.54, 1.807) is 0 Å². The predicted molar refractivity (Wildman–Crippen MR) is 67.2 cm³/mol. The Hall–Kier alpha value is -0.950. The quantitative estimate of drug-likeness (QED) is 0.735. The highest BCUT2D eigenvalue weighted by atomic mass is 32.2. The van der Waals surface area contributed by atoms with Crippen LogP contribution in [0.25, 0.3) is 0 Å². The summed E-state index contributed by atoms with van der Waals surface area (Å²) in [5.41, 5.74) is 0. The molecule has 0 radical (unpaired) electrons. The van der Waals surface area contributed by atoms with Gasteiger partial charge in [0.05, 0.1) is 5.88 Å². The molecule has 1 atom stereocenters. The van der Waals surface area contributed by atoms with E-state index in [1.165, 1.54) is 16.7 Å². The molecule has 1 heterocycles. The van der Waals surface area contributed by atoms with Crippen LogP contribution in [0, 0.1) is 0 Å². The Kier molecular flexibility index (Phi) is 5.57. The molecule has 2 amide bonds. The maximum Gasteiger partial charge on any atom is 0.327 e. The van der Waals surface area contributed by atoms with Crippen LogP contribution in [-0.2, 0) is 4.79 Å². The highest BCUT2D eigenvalue weighted by molar-refractivity contribution is 7.99. The molecular weight excluding hydrogens is 242 g/mol. The lowest BCUT2D eigenvalue weighted by Gasteiger charge is -2.22. The summed E-state index contributed by atoms with van der Waals surface area (Å²) in [7, 11) is 1.97. The summed E-state index contributed by atoms with van der Waals surface area (Å²) in [5, 5.41) is 11.7. The van der Waals surface area contributed by atoms with Gasteiger partial charge in [0, 0.05) is 18.8 Å². The number of hydrogen-bond donors (Lipinski definition) is 2. The summed E-state index contributed by atoms with van der Waals surface area (Å²) in [6.45, 7) is 4.27. The van der Waals surface area contributed by atoms with Gasteiger partial charge in [-0.1, -0.05) is 6.92 Å². The fraction of sp³-hybridized carbons (Fsp3) is 0.800. The van der Waals surface area contributed by atoms with E-state index in [2.05, 4.69) is 10.2 Å². The zero-order valence-corrected chi connectivity index (χ0v) is 11.0. The number of amides is 2. The lowest BCUT2D eigenvalue weighted by Crippen LogP contribution is -2.48. The lowest BCUT2D eigenvalue weighted by atomic mass is 10.3. The summed E-state index contributed by atoms with van der Waals surface area (Å²) in [6.07, 6.45) is 0. The van der Waals surface area contributed by atoms with Crippen molar-refractivity contribution in [3.8, 4) is 0 Å². The Morgan fingerprint density at radius 1 is 1.59 bits per heavy atom. The molecule has 1 unspecified atom stereocenters. The third-order valence-corrected chi connectivity index (χ3v) is 3.75. The third kappa shape index (κ3) is 4.08. The second kappa shape index (κ2) is 6.70. The number of aliphatic carboxylic acids is 1. The first-order valence-electron chi connectivity index (χ1n) is 5.59. The Morgan fingerprint density at radius 2 is 2.29 bits per heavy atom. The first-order valence-corrected chi connectivity index (χ1v) is 6.75. The highest BCUT2D eigenvalue weighted by Gasteiger charge is 2.34. The second-order valence-electron chi connectivity index (χ2n) is 3.95. The van der Waals surface area contributed by atoms with Crippen LogP contribution in [-0.4, -0.2) is 71.3 Å². The van der Waals surface area contributed by atoms with Gasteiger partial charge < -0.3 is 20.2 Å². The summed E-state index contributed by atoms with van der Waals surface area (Å²) < 4.78 is 0. The molecule has 0 aromatic rings. The smallest absolute Gasteiger partial charge is 0.327 e. The molecule has 2 N–H and O–H groups in total. The molecule has 0 saturated carbocycles. The summed E-state index contributed by atoms with van der Waals surface area (Å²) in [5.74, 6) is -0.0138. The topological polar surface area (TPSA) is 72.9 Å². The molecule has 98 valence electrons. The van der Waals surface area contributed by atoms with E-state index < -0.39 is 12.0 Å². The standard InChI is InChI=1S/C10H19N3O3S/c1-3-12(2)5-4-11-10(16)13-7-17-6-8(13)9(14)15/h8H,3-7H2,1-2H3,(H,11,16)(H,14,15). The maximum absolute atomic E-state index is 11.7. The number of nitrogens with zero attached hydrogens (tertiary/aromatic N) is 2. The van der Waals surface area contributed by atoms with Gasteiger partial charge in [0.1, 0.15) is 6.04 Å². The van der Waals surface area contributed by atoms with Gasteiger partial charge in [0.15, 0.2) is 0 Å². The van der Waals surface area contributed by atoms with Crippen molar-refractivity contribution >= 4 is 23.8 Å². The molecule has 0 spiro atoms. The fourth-order valence-electron chi connectivity index (χ4n) is 1.46. The number of urea groups is 1. The monoisotopic (exact) mass is 261 g/mol. The Balaban J connectivity index is 2.34. The number of nitrogens with one attached hydrogen (secondary N) is 1. The van der Waals surface area contributed by atoms with Gasteiger partial charge in [-0.2, -0.15) is 0 Å². The van der Waals surface area contributed by atoms with Crippen molar-refractivity contribution in [1.82, 2.24) is 15.1 Å². The molecule has 1 aliphatic rings. The highest BCUT2D eigenvalue weighted by Crippen LogP contribution is 2.20. The van der Waals surface area contributed by atoms with E-state index >= 15 is 0 Å². The van der Waals surface area contributed by atoms with Gasteiger partial charge >= 0.3 is 12.0 Å². The molecule has 0 aliphatic carbocycles. The average Bonchev–Trinajstić information content (AvgIpc) is 2.77. The fourth-order valence-corrected chi connectivity index (χ4v) is 2.61. The van der Waals surface area contributed by atoms with Crippen molar-refractivity contribution in [3.63, 3.8) is 0 Å². The number of carboxylic acid groups (broad SMARTS) is 1. The van der Waals surface area contributed by atoms with Crippen molar-refractivity contribution < 1.29 is 14.7 Å². The van der Waals surface area contributed by atoms with Gasteiger partial charge in [-0.05, 0) is 13.6 Å². The molecule has 1 rings (SSSR count). The van der Waals surface area contributed by atoms with Crippen molar-refractivity contribution in [2.45, 2.75) is 13.0 Å². The average molecular weight is 261 g/mol. The summed E-state index contributed by atoms with van der Waals surface area (Å²) >= 11 is 1.47. The van der Waals surface area contributed by atoms with Gasteiger partial charge in [-0.3, -0.25) is 0 Å². The van der Waals surface area contributed by atoms with Gasteiger partial charge in [0.2, 0.25) is 0 Å². The number of likely N-dealkylation sites (N-methyl/N-ethyl adjacent to an activating group) is 1. The molecule has 7 heteroatoms. The van der Waals surface area contributed by atoms with Crippen LogP contribution in [0.2, 0.25) is 0 Å². The van der Waals surface area contributed by atoms with Crippen LogP contribution in [0.5, 0.6) is 0 Å². The number of hydrogen-bond acceptors (Lipinski definition) is 4. The zero-order valence-electron chi connectivity index (χ0n) is 10.2. The van der Waals surface area contributed by atoms with Crippen LogP contribution in [0.1, 0.15) is 6.92 Å². The van der Waals surface area contributed by atoms with Crippen LogP contribution < -0.4 is 5.32 Å². The Morgan fingerprint density at radius 3 is 2.88 bits per heavy atom. The maximum atomic E-state index is 11.7. The molecular formula is C10H19N3O3S. The third-order valence-electron chi connectivity index (χ3n) is 2.74. The second-order valence-corrected chi connectivity index (χ2v) is 4.95. The Bertz CT molecular complexity index is 288. The predicted octanol–water partition coefficient (Wildman–Crippen LogP) is 0.107.